The van der Waals surface area contributed by atoms with Crippen molar-refractivity contribution in [1.29, 1.82) is 0 Å². The Morgan fingerprint density at radius 3 is 2.79 bits per heavy atom. The predicted octanol–water partition coefficient (Wildman–Crippen LogP) is 1.92. The van der Waals surface area contributed by atoms with Gasteiger partial charge in [0.1, 0.15) is 5.56 Å². The average Bonchev–Trinajstić information content (AvgIpc) is 3.22. The minimum atomic E-state index is -0.299. The summed E-state index contributed by atoms with van der Waals surface area (Å²) in [5.74, 6) is 2.83. The van der Waals surface area contributed by atoms with Crippen LogP contribution < -0.4 is 15.4 Å². The first-order chi connectivity index (χ1) is 14.0. The molecule has 0 spiro atoms. The van der Waals surface area contributed by atoms with E-state index in [2.05, 4.69) is 33.1 Å². The molecule has 3 rings (SSSR count). The summed E-state index contributed by atoms with van der Waals surface area (Å²) in [5.41, 5.74) is 1.64. The first-order valence-electron chi connectivity index (χ1n) is 9.01. The van der Waals surface area contributed by atoms with Gasteiger partial charge in [-0.1, -0.05) is 12.5 Å². The lowest BCUT2D eigenvalue weighted by atomic mass is 10.2. The van der Waals surface area contributed by atoms with Crippen molar-refractivity contribution in [2.24, 2.45) is 0 Å². The molecule has 8 nitrogen and oxygen atoms in total. The number of likely N-dealkylation sites (tertiary alicyclic amines) is 1. The number of ether oxygens (including phenoxy) is 1. The third-order valence-electron chi connectivity index (χ3n) is 4.50. The van der Waals surface area contributed by atoms with Crippen LogP contribution in [0, 0.1) is 12.3 Å². The zero-order valence-corrected chi connectivity index (χ0v) is 16.0. The van der Waals surface area contributed by atoms with Gasteiger partial charge in [-0.25, -0.2) is 4.98 Å². The molecule has 2 amide bonds. The Morgan fingerprint density at radius 1 is 1.38 bits per heavy atom. The summed E-state index contributed by atoms with van der Waals surface area (Å²) in [4.78, 5) is 34.3. The summed E-state index contributed by atoms with van der Waals surface area (Å²) < 4.78 is 5.17. The van der Waals surface area contributed by atoms with Crippen LogP contribution in [-0.4, -0.2) is 52.9 Å². The van der Waals surface area contributed by atoms with E-state index in [1.54, 1.807) is 29.2 Å². The van der Waals surface area contributed by atoms with Gasteiger partial charge in [0.05, 0.1) is 13.3 Å². The van der Waals surface area contributed by atoms with Crippen LogP contribution in [0.1, 0.15) is 22.3 Å². The van der Waals surface area contributed by atoms with E-state index in [4.69, 9.17) is 11.2 Å². The smallest absolute Gasteiger partial charge is 0.253 e. The van der Waals surface area contributed by atoms with E-state index in [0.717, 1.165) is 6.42 Å². The number of nitrogens with one attached hydrogen (secondary N) is 2. The lowest BCUT2D eigenvalue weighted by Crippen LogP contribution is -2.31. The van der Waals surface area contributed by atoms with Crippen LogP contribution in [-0.2, 0) is 4.79 Å². The van der Waals surface area contributed by atoms with Gasteiger partial charge in [0.2, 0.25) is 17.7 Å². The zero-order valence-electron chi connectivity index (χ0n) is 16.0. The minimum Gasteiger partial charge on any atom is -0.480 e. The first kappa shape index (κ1) is 19.9. The van der Waals surface area contributed by atoms with Crippen molar-refractivity contribution < 1.29 is 14.3 Å². The van der Waals surface area contributed by atoms with Gasteiger partial charge in [0.15, 0.2) is 0 Å². The third-order valence-corrected chi connectivity index (χ3v) is 4.50. The second kappa shape index (κ2) is 8.89. The van der Waals surface area contributed by atoms with E-state index in [9.17, 15) is 9.59 Å². The lowest BCUT2D eigenvalue weighted by Gasteiger charge is -2.17. The van der Waals surface area contributed by atoms with Crippen molar-refractivity contribution in [2.45, 2.75) is 12.5 Å². The van der Waals surface area contributed by atoms with Crippen LogP contribution in [0.15, 0.2) is 43.1 Å². The predicted molar refractivity (Wildman–Crippen MR) is 110 cm³/mol. The van der Waals surface area contributed by atoms with Crippen LogP contribution in [0.25, 0.3) is 0 Å². The molecule has 8 heteroatoms. The summed E-state index contributed by atoms with van der Waals surface area (Å²) in [6.45, 7) is 4.55. The van der Waals surface area contributed by atoms with Crippen molar-refractivity contribution in [2.75, 3.05) is 30.8 Å². The molecule has 1 aliphatic heterocycles. The van der Waals surface area contributed by atoms with Gasteiger partial charge in [0, 0.05) is 30.4 Å². The summed E-state index contributed by atoms with van der Waals surface area (Å²) in [6, 6.07) is 6.77. The van der Waals surface area contributed by atoms with Gasteiger partial charge in [-0.15, -0.1) is 6.42 Å². The summed E-state index contributed by atoms with van der Waals surface area (Å²) in [7, 11) is 1.50. The Morgan fingerprint density at radius 2 is 2.14 bits per heavy atom. The monoisotopic (exact) mass is 391 g/mol. The van der Waals surface area contributed by atoms with Crippen molar-refractivity contribution in [1.82, 2.24) is 14.9 Å². The Hall–Kier alpha value is -3.86. The fourth-order valence-electron chi connectivity index (χ4n) is 3.01. The molecule has 0 unspecified atom stereocenters. The van der Waals surface area contributed by atoms with Gasteiger partial charge < -0.3 is 20.3 Å². The molecule has 1 fully saturated rings. The average molecular weight is 391 g/mol. The second-order valence-electron chi connectivity index (χ2n) is 6.41. The molecule has 1 aromatic carbocycles. The Bertz CT molecular complexity index is 965. The molecule has 0 aliphatic carbocycles. The summed E-state index contributed by atoms with van der Waals surface area (Å²) in [5, 5.41) is 5.87. The largest absolute Gasteiger partial charge is 0.480 e. The molecule has 2 aromatic rings. The van der Waals surface area contributed by atoms with Gasteiger partial charge in [0.25, 0.3) is 5.91 Å². The van der Waals surface area contributed by atoms with Gasteiger partial charge >= 0.3 is 0 Å². The molecule has 29 heavy (non-hydrogen) atoms. The van der Waals surface area contributed by atoms with Crippen molar-refractivity contribution in [3.8, 4) is 18.2 Å². The normalized spacial score (nSPS) is 15.3. The number of amides is 2. The van der Waals surface area contributed by atoms with Crippen LogP contribution in [0.5, 0.6) is 5.88 Å². The zero-order chi connectivity index (χ0) is 20.8. The Balaban J connectivity index is 1.60. The fraction of sp³-hybridized carbons (Fsp3) is 0.238. The maximum Gasteiger partial charge on any atom is 0.253 e. The fourth-order valence-corrected chi connectivity index (χ4v) is 3.01. The maximum atomic E-state index is 12.7. The van der Waals surface area contributed by atoms with Crippen molar-refractivity contribution >= 4 is 23.5 Å². The molecular formula is C21H21N5O3. The van der Waals surface area contributed by atoms with Gasteiger partial charge in [-0.2, -0.15) is 4.98 Å². The number of terminal acetylenes is 1. The number of nitrogens with zero attached hydrogens (tertiary/aromatic N) is 3. The van der Waals surface area contributed by atoms with Gasteiger partial charge in [-0.3, -0.25) is 9.59 Å². The molecule has 1 aromatic heterocycles. The minimum absolute atomic E-state index is 0.0199. The molecule has 1 atom stereocenters. The molecular weight excluding hydrogens is 370 g/mol. The molecule has 1 aliphatic rings. The maximum absolute atomic E-state index is 12.7. The van der Waals surface area contributed by atoms with E-state index in [1.807, 2.05) is 0 Å². The topological polar surface area (TPSA) is 96.5 Å². The highest BCUT2D eigenvalue weighted by Gasteiger charge is 2.27. The van der Waals surface area contributed by atoms with E-state index in [0.29, 0.717) is 41.7 Å². The molecule has 1 saturated heterocycles. The number of aromatic nitrogens is 2. The van der Waals surface area contributed by atoms with Gasteiger partial charge in [-0.05, 0) is 36.8 Å². The van der Waals surface area contributed by atoms with E-state index >= 15 is 0 Å². The molecule has 0 saturated carbocycles. The standard InChI is InChI=1S/C21H21N5O3/c1-4-14-12-22-21(25-19(14)29-3)24-17-10-11-26(13-17)20(28)15-6-8-16(9-7-15)23-18(27)5-2/h1,5-9,12,17H,2,10-11,13H2,3H3,(H,23,27)(H,22,24,25)/t17-/m0/s1. The number of rotatable bonds is 6. The first-order valence-corrected chi connectivity index (χ1v) is 9.01. The highest BCUT2D eigenvalue weighted by atomic mass is 16.5. The molecule has 148 valence electrons. The second-order valence-corrected chi connectivity index (χ2v) is 6.41. The highest BCUT2D eigenvalue weighted by Crippen LogP contribution is 2.20. The summed E-state index contributed by atoms with van der Waals surface area (Å²) in [6.07, 6.45) is 8.87. The number of methoxy groups -OCH3 is 1. The number of hydrogen-bond donors (Lipinski definition) is 2. The lowest BCUT2D eigenvalue weighted by molar-refractivity contribution is -0.111. The van der Waals surface area contributed by atoms with E-state index in [1.165, 1.54) is 19.4 Å². The third kappa shape index (κ3) is 4.71. The quantitative estimate of drug-likeness (QED) is 0.577. The van der Waals surface area contributed by atoms with E-state index < -0.39 is 0 Å². The summed E-state index contributed by atoms with van der Waals surface area (Å²) >= 11 is 0. The Kier molecular flexibility index (Phi) is 6.09. The SMILES string of the molecule is C#Cc1cnc(N[C@H]2CCN(C(=O)c3ccc(NC(=O)C=C)cc3)C2)nc1OC. The highest BCUT2D eigenvalue weighted by molar-refractivity contribution is 5.99. The molecule has 2 N–H and O–H groups in total. The molecule has 2 heterocycles. The van der Waals surface area contributed by atoms with Crippen LogP contribution in [0.4, 0.5) is 11.6 Å². The number of hydrogen-bond acceptors (Lipinski definition) is 6. The van der Waals surface area contributed by atoms with Crippen molar-refractivity contribution in [3.63, 3.8) is 0 Å². The van der Waals surface area contributed by atoms with Crippen LogP contribution >= 0.6 is 0 Å². The van der Waals surface area contributed by atoms with Crippen LogP contribution in [0.3, 0.4) is 0 Å². The number of carbonyl (C=O) groups excluding carboxylic acids is 2. The van der Waals surface area contributed by atoms with Crippen LogP contribution in [0.2, 0.25) is 0 Å². The molecule has 0 bridgehead atoms. The number of carbonyl (C=O) groups is 2. The van der Waals surface area contributed by atoms with E-state index in [-0.39, 0.29) is 17.9 Å². The number of anilines is 2. The Labute approximate surface area is 169 Å². The number of benzene rings is 1. The molecule has 0 radical (unpaired) electrons. The van der Waals surface area contributed by atoms with Crippen molar-refractivity contribution in [3.05, 3.63) is 54.2 Å².